The molecule has 0 amide bonds. The van der Waals surface area contributed by atoms with Crippen LogP contribution in [0.1, 0.15) is 5.56 Å². The van der Waals surface area contributed by atoms with Crippen LogP contribution in [0.3, 0.4) is 0 Å². The average Bonchev–Trinajstić information content (AvgIpc) is 2.47. The minimum absolute atomic E-state index is 0. The van der Waals surface area contributed by atoms with Crippen LogP contribution in [0.5, 0.6) is 5.75 Å². The van der Waals surface area contributed by atoms with Crippen LogP contribution in [0.15, 0.2) is 42.5 Å². The molecule has 0 aliphatic carbocycles. The van der Waals surface area contributed by atoms with E-state index in [-0.39, 0.29) is 12.4 Å². The summed E-state index contributed by atoms with van der Waals surface area (Å²) in [6.45, 7) is 2.01. The topological polar surface area (TPSA) is 73.1 Å². The summed E-state index contributed by atoms with van der Waals surface area (Å²) in [6, 6.07) is 13.5. The van der Waals surface area contributed by atoms with Crippen LogP contribution < -0.4 is 15.8 Å². The number of methoxy groups -OCH3 is 1. The van der Waals surface area contributed by atoms with Gasteiger partial charge in [0.1, 0.15) is 11.6 Å². The third-order valence-corrected chi connectivity index (χ3v) is 3.23. The van der Waals surface area contributed by atoms with Crippen LogP contribution >= 0.6 is 12.4 Å². The van der Waals surface area contributed by atoms with Gasteiger partial charge in [-0.3, -0.25) is 0 Å². The molecule has 0 bridgehead atoms. The molecule has 114 valence electrons. The average molecular weight is 317 g/mol. The van der Waals surface area contributed by atoms with Crippen molar-refractivity contribution in [2.45, 2.75) is 6.92 Å². The van der Waals surface area contributed by atoms with E-state index in [2.05, 4.69) is 15.3 Å². The van der Waals surface area contributed by atoms with Crippen molar-refractivity contribution in [1.82, 2.24) is 9.97 Å². The minimum atomic E-state index is 0. The summed E-state index contributed by atoms with van der Waals surface area (Å²) >= 11 is 0. The summed E-state index contributed by atoms with van der Waals surface area (Å²) in [7, 11) is 1.63. The lowest BCUT2D eigenvalue weighted by Crippen LogP contribution is -2.02. The Morgan fingerprint density at radius 2 is 1.86 bits per heavy atom. The number of anilines is 3. The zero-order valence-corrected chi connectivity index (χ0v) is 13.1. The number of hydrogen-bond donors (Lipinski definition) is 2. The van der Waals surface area contributed by atoms with Crippen LogP contribution in [0.2, 0.25) is 0 Å². The van der Waals surface area contributed by atoms with Gasteiger partial charge in [-0.1, -0.05) is 18.2 Å². The quantitative estimate of drug-likeness (QED) is 0.771. The van der Waals surface area contributed by atoms with E-state index in [0.717, 1.165) is 27.9 Å². The Morgan fingerprint density at radius 3 is 2.64 bits per heavy atom. The molecule has 1 aromatic heterocycles. The molecule has 0 spiro atoms. The van der Waals surface area contributed by atoms with Crippen molar-refractivity contribution in [2.24, 2.45) is 0 Å². The minimum Gasteiger partial charge on any atom is -0.495 e. The Balaban J connectivity index is 0.00000176. The largest absolute Gasteiger partial charge is 0.495 e. The monoisotopic (exact) mass is 316 g/mol. The second-order valence-electron chi connectivity index (χ2n) is 4.78. The van der Waals surface area contributed by atoms with Crippen LogP contribution in [0.25, 0.3) is 10.9 Å². The van der Waals surface area contributed by atoms with Gasteiger partial charge < -0.3 is 15.8 Å². The molecule has 3 N–H and O–H groups in total. The highest BCUT2D eigenvalue weighted by Crippen LogP contribution is 2.28. The number of halogens is 1. The fourth-order valence-electron chi connectivity index (χ4n) is 2.20. The Kier molecular flexibility index (Phi) is 4.68. The molecule has 0 radical (unpaired) electrons. The van der Waals surface area contributed by atoms with E-state index in [0.29, 0.717) is 11.8 Å². The van der Waals surface area contributed by atoms with E-state index in [1.165, 1.54) is 0 Å². The van der Waals surface area contributed by atoms with Gasteiger partial charge in [0, 0.05) is 5.39 Å². The molecule has 0 saturated heterocycles. The van der Waals surface area contributed by atoms with Crippen molar-refractivity contribution in [2.75, 3.05) is 18.2 Å². The molecule has 0 aliphatic rings. The Hall–Kier alpha value is -2.53. The van der Waals surface area contributed by atoms with Gasteiger partial charge in [0.25, 0.3) is 0 Å². The van der Waals surface area contributed by atoms with Gasteiger partial charge >= 0.3 is 0 Å². The number of rotatable bonds is 3. The normalized spacial score (nSPS) is 10.1. The molecule has 0 aliphatic heterocycles. The smallest absolute Gasteiger partial charge is 0.229 e. The fourth-order valence-corrected chi connectivity index (χ4v) is 2.20. The van der Waals surface area contributed by atoms with E-state index in [1.807, 2.05) is 49.4 Å². The maximum Gasteiger partial charge on any atom is 0.229 e. The van der Waals surface area contributed by atoms with Crippen molar-refractivity contribution in [3.05, 3.63) is 48.0 Å². The first kappa shape index (κ1) is 15.9. The van der Waals surface area contributed by atoms with Gasteiger partial charge in [0.15, 0.2) is 0 Å². The van der Waals surface area contributed by atoms with E-state index >= 15 is 0 Å². The Labute approximate surface area is 134 Å². The number of fused-ring (bicyclic) bond motifs is 1. The van der Waals surface area contributed by atoms with E-state index in [4.69, 9.17) is 10.5 Å². The number of ether oxygens (including phenoxy) is 1. The van der Waals surface area contributed by atoms with Crippen LogP contribution in [0.4, 0.5) is 17.5 Å². The van der Waals surface area contributed by atoms with Crippen LogP contribution in [-0.4, -0.2) is 17.1 Å². The maximum absolute atomic E-state index is 5.99. The molecule has 5 nitrogen and oxygen atoms in total. The van der Waals surface area contributed by atoms with Crippen molar-refractivity contribution >= 4 is 40.8 Å². The highest BCUT2D eigenvalue weighted by Gasteiger charge is 2.08. The molecule has 0 unspecified atom stereocenters. The number of nitrogens with two attached hydrogens (primary N) is 1. The molecule has 0 saturated carbocycles. The van der Waals surface area contributed by atoms with Crippen molar-refractivity contribution in [1.29, 1.82) is 0 Å². The van der Waals surface area contributed by atoms with Crippen LogP contribution in [-0.2, 0) is 0 Å². The number of hydrogen-bond acceptors (Lipinski definition) is 5. The number of nitrogen functional groups attached to an aromatic ring is 1. The van der Waals surface area contributed by atoms with Crippen molar-refractivity contribution < 1.29 is 4.74 Å². The molecule has 0 atom stereocenters. The molecule has 0 fully saturated rings. The lowest BCUT2D eigenvalue weighted by atomic mass is 10.2. The summed E-state index contributed by atoms with van der Waals surface area (Å²) in [5.74, 6) is 1.64. The highest BCUT2D eigenvalue weighted by atomic mass is 35.5. The Morgan fingerprint density at radius 1 is 1.09 bits per heavy atom. The molecule has 1 heterocycles. The first-order valence-electron chi connectivity index (χ1n) is 6.61. The van der Waals surface area contributed by atoms with Gasteiger partial charge in [0.2, 0.25) is 5.95 Å². The maximum atomic E-state index is 5.99. The van der Waals surface area contributed by atoms with Gasteiger partial charge in [-0.25, -0.2) is 4.98 Å². The summed E-state index contributed by atoms with van der Waals surface area (Å²) in [6.07, 6.45) is 0. The fraction of sp³-hybridized carbons (Fsp3) is 0.125. The number of aryl methyl sites for hydroxylation is 1. The molecule has 22 heavy (non-hydrogen) atoms. The van der Waals surface area contributed by atoms with Gasteiger partial charge in [-0.15, -0.1) is 12.4 Å². The molecule has 2 aromatic carbocycles. The number of nitrogens with one attached hydrogen (secondary N) is 1. The standard InChI is InChI=1S/C16H16N4O.ClH/c1-10-7-8-14(21-2)13(9-10)19-16-18-12-6-4-3-5-11(12)15(17)20-16;/h3-9H,1-2H3,(H3,17,18,19,20);1H. The van der Waals surface area contributed by atoms with Gasteiger partial charge in [-0.2, -0.15) is 4.98 Å². The first-order chi connectivity index (χ1) is 10.2. The molecular weight excluding hydrogens is 300 g/mol. The lowest BCUT2D eigenvalue weighted by Gasteiger charge is -2.12. The van der Waals surface area contributed by atoms with E-state index < -0.39 is 0 Å². The SMILES string of the molecule is COc1ccc(C)cc1Nc1nc(N)c2ccccc2n1.Cl. The number of para-hydroxylation sites is 1. The molecule has 3 aromatic rings. The highest BCUT2D eigenvalue weighted by molar-refractivity contribution is 5.89. The second kappa shape index (κ2) is 6.49. The molecule has 3 rings (SSSR count). The number of aromatic nitrogens is 2. The molecule has 6 heteroatoms. The Bertz CT molecular complexity index is 807. The van der Waals surface area contributed by atoms with Crippen molar-refractivity contribution in [3.8, 4) is 5.75 Å². The predicted molar refractivity (Wildman–Crippen MR) is 92.2 cm³/mol. The summed E-state index contributed by atoms with van der Waals surface area (Å²) < 4.78 is 5.34. The molecular formula is C16H17ClN4O. The van der Waals surface area contributed by atoms with Gasteiger partial charge in [0.05, 0.1) is 18.3 Å². The number of nitrogens with zero attached hydrogens (tertiary/aromatic N) is 2. The second-order valence-corrected chi connectivity index (χ2v) is 4.78. The third kappa shape index (κ3) is 3.04. The summed E-state index contributed by atoms with van der Waals surface area (Å²) in [5, 5.41) is 4.02. The van der Waals surface area contributed by atoms with E-state index in [9.17, 15) is 0 Å². The third-order valence-electron chi connectivity index (χ3n) is 3.23. The number of benzene rings is 2. The summed E-state index contributed by atoms with van der Waals surface area (Å²) in [5.41, 5.74) is 8.72. The zero-order valence-electron chi connectivity index (χ0n) is 12.3. The lowest BCUT2D eigenvalue weighted by molar-refractivity contribution is 0.416. The summed E-state index contributed by atoms with van der Waals surface area (Å²) in [4.78, 5) is 8.78. The first-order valence-corrected chi connectivity index (χ1v) is 6.61. The van der Waals surface area contributed by atoms with Gasteiger partial charge in [-0.05, 0) is 36.8 Å². The van der Waals surface area contributed by atoms with Crippen LogP contribution in [0, 0.1) is 6.92 Å². The zero-order chi connectivity index (χ0) is 14.8. The predicted octanol–water partition coefficient (Wildman–Crippen LogP) is 3.69. The van der Waals surface area contributed by atoms with Crippen molar-refractivity contribution in [3.63, 3.8) is 0 Å². The van der Waals surface area contributed by atoms with E-state index in [1.54, 1.807) is 7.11 Å².